The van der Waals surface area contributed by atoms with Gasteiger partial charge in [0.15, 0.2) is 0 Å². The van der Waals surface area contributed by atoms with Crippen LogP contribution < -0.4 is 0 Å². The van der Waals surface area contributed by atoms with Gasteiger partial charge in [0.1, 0.15) is 17.2 Å². The van der Waals surface area contributed by atoms with Gasteiger partial charge in [-0.05, 0) is 41.5 Å². The van der Waals surface area contributed by atoms with E-state index in [1.165, 1.54) is 23.3 Å². The summed E-state index contributed by atoms with van der Waals surface area (Å²) in [6.07, 6.45) is 2.70. The van der Waals surface area contributed by atoms with Crippen LogP contribution in [0.25, 0.3) is 11.1 Å². The van der Waals surface area contributed by atoms with Crippen LogP contribution in [-0.4, -0.2) is 15.3 Å². The van der Waals surface area contributed by atoms with Crippen molar-refractivity contribution < 1.29 is 15.3 Å². The standard InChI is InChI=1S/C18H22O3/c1-4-11-7-8-15(14(6-3)13(11)5-2)18-16(20)9-12(19)10-17(18)21/h7-10,19-21H,4-6H2,1-3H3. The van der Waals surface area contributed by atoms with Crippen LogP contribution in [-0.2, 0) is 19.3 Å². The zero-order valence-electron chi connectivity index (χ0n) is 12.8. The van der Waals surface area contributed by atoms with E-state index in [0.29, 0.717) is 5.56 Å². The Morgan fingerprint density at radius 1 is 0.762 bits per heavy atom. The van der Waals surface area contributed by atoms with Crippen LogP contribution in [0.2, 0.25) is 0 Å². The van der Waals surface area contributed by atoms with Gasteiger partial charge in [0, 0.05) is 12.1 Å². The van der Waals surface area contributed by atoms with Gasteiger partial charge in [0.05, 0.1) is 5.56 Å². The Hall–Kier alpha value is -2.16. The van der Waals surface area contributed by atoms with Gasteiger partial charge in [-0.2, -0.15) is 0 Å². The molecule has 0 radical (unpaired) electrons. The van der Waals surface area contributed by atoms with Gasteiger partial charge < -0.3 is 15.3 Å². The monoisotopic (exact) mass is 286 g/mol. The van der Waals surface area contributed by atoms with E-state index in [4.69, 9.17) is 0 Å². The highest BCUT2D eigenvalue weighted by Crippen LogP contribution is 2.43. The molecule has 0 saturated heterocycles. The molecule has 0 bridgehead atoms. The Bertz CT molecular complexity index is 637. The molecule has 3 nitrogen and oxygen atoms in total. The van der Waals surface area contributed by atoms with E-state index in [1.54, 1.807) is 0 Å². The molecule has 0 heterocycles. The first-order valence-electron chi connectivity index (χ1n) is 7.42. The van der Waals surface area contributed by atoms with Crippen molar-refractivity contribution in [2.45, 2.75) is 40.0 Å². The Kier molecular flexibility index (Phi) is 4.41. The molecule has 2 rings (SSSR count). The average molecular weight is 286 g/mol. The third-order valence-corrected chi connectivity index (χ3v) is 3.97. The van der Waals surface area contributed by atoms with Gasteiger partial charge in [0.2, 0.25) is 0 Å². The van der Waals surface area contributed by atoms with Crippen molar-refractivity contribution in [2.75, 3.05) is 0 Å². The first-order chi connectivity index (χ1) is 10.0. The number of rotatable bonds is 4. The summed E-state index contributed by atoms with van der Waals surface area (Å²) in [5.41, 5.74) is 4.96. The van der Waals surface area contributed by atoms with Crippen LogP contribution in [0, 0.1) is 0 Å². The molecule has 3 N–H and O–H groups in total. The van der Waals surface area contributed by atoms with Crippen LogP contribution in [0.3, 0.4) is 0 Å². The van der Waals surface area contributed by atoms with Gasteiger partial charge in [-0.15, -0.1) is 0 Å². The van der Waals surface area contributed by atoms with Gasteiger partial charge in [-0.25, -0.2) is 0 Å². The molecule has 0 aliphatic rings. The number of hydrogen-bond acceptors (Lipinski definition) is 3. The molecule has 0 fully saturated rings. The Morgan fingerprint density at radius 2 is 1.33 bits per heavy atom. The topological polar surface area (TPSA) is 60.7 Å². The summed E-state index contributed by atoms with van der Waals surface area (Å²) >= 11 is 0. The predicted octanol–water partition coefficient (Wildman–Crippen LogP) is 4.16. The van der Waals surface area contributed by atoms with Crippen molar-refractivity contribution in [3.8, 4) is 28.4 Å². The molecule has 0 atom stereocenters. The minimum Gasteiger partial charge on any atom is -0.508 e. The zero-order chi connectivity index (χ0) is 15.6. The van der Waals surface area contributed by atoms with Gasteiger partial charge in [-0.1, -0.05) is 32.9 Å². The molecule has 0 unspecified atom stereocenters. The van der Waals surface area contributed by atoms with Gasteiger partial charge in [-0.3, -0.25) is 0 Å². The zero-order valence-corrected chi connectivity index (χ0v) is 12.8. The maximum Gasteiger partial charge on any atom is 0.130 e. The van der Waals surface area contributed by atoms with Crippen molar-refractivity contribution in [1.82, 2.24) is 0 Å². The minimum absolute atomic E-state index is 0.103. The van der Waals surface area contributed by atoms with Crippen LogP contribution in [0.1, 0.15) is 37.5 Å². The summed E-state index contributed by atoms with van der Waals surface area (Å²) in [4.78, 5) is 0. The molecule has 0 aliphatic heterocycles. The fourth-order valence-electron chi connectivity index (χ4n) is 3.02. The Morgan fingerprint density at radius 3 is 1.81 bits per heavy atom. The highest BCUT2D eigenvalue weighted by Gasteiger charge is 2.18. The highest BCUT2D eigenvalue weighted by atomic mass is 16.3. The molecule has 0 aromatic heterocycles. The largest absolute Gasteiger partial charge is 0.508 e. The lowest BCUT2D eigenvalue weighted by Crippen LogP contribution is -2.00. The molecular formula is C18H22O3. The molecule has 0 saturated carbocycles. The summed E-state index contributed by atoms with van der Waals surface area (Å²) in [6, 6.07) is 6.52. The van der Waals surface area contributed by atoms with Crippen molar-refractivity contribution >= 4 is 0 Å². The van der Waals surface area contributed by atoms with E-state index in [0.717, 1.165) is 30.4 Å². The molecular weight excluding hydrogens is 264 g/mol. The lowest BCUT2D eigenvalue weighted by atomic mass is 9.88. The first-order valence-corrected chi connectivity index (χ1v) is 7.42. The van der Waals surface area contributed by atoms with Crippen molar-refractivity contribution in [3.05, 3.63) is 41.0 Å². The average Bonchev–Trinajstić information content (AvgIpc) is 2.45. The maximum atomic E-state index is 10.1. The SMILES string of the molecule is CCc1ccc(-c2c(O)cc(O)cc2O)c(CC)c1CC. The second kappa shape index (κ2) is 6.08. The summed E-state index contributed by atoms with van der Waals surface area (Å²) < 4.78 is 0. The molecule has 0 spiro atoms. The van der Waals surface area contributed by atoms with Crippen LogP contribution in [0.15, 0.2) is 24.3 Å². The first kappa shape index (κ1) is 15.2. The fourth-order valence-corrected chi connectivity index (χ4v) is 3.02. The smallest absolute Gasteiger partial charge is 0.130 e. The summed E-state index contributed by atoms with van der Waals surface area (Å²) in [5.74, 6) is -0.352. The van der Waals surface area contributed by atoms with E-state index >= 15 is 0 Å². The summed E-state index contributed by atoms with van der Waals surface area (Å²) in [5, 5.41) is 29.7. The van der Waals surface area contributed by atoms with E-state index in [2.05, 4.69) is 26.8 Å². The van der Waals surface area contributed by atoms with Gasteiger partial charge in [0.25, 0.3) is 0 Å². The van der Waals surface area contributed by atoms with E-state index < -0.39 is 0 Å². The predicted molar refractivity (Wildman–Crippen MR) is 85.0 cm³/mol. The van der Waals surface area contributed by atoms with Gasteiger partial charge >= 0.3 is 0 Å². The summed E-state index contributed by atoms with van der Waals surface area (Å²) in [7, 11) is 0. The third kappa shape index (κ3) is 2.68. The summed E-state index contributed by atoms with van der Waals surface area (Å²) in [6.45, 7) is 6.32. The number of hydrogen-bond donors (Lipinski definition) is 3. The van der Waals surface area contributed by atoms with Crippen LogP contribution in [0.4, 0.5) is 0 Å². The Balaban J connectivity index is 2.76. The van der Waals surface area contributed by atoms with E-state index in [1.807, 2.05) is 6.07 Å². The lowest BCUT2D eigenvalue weighted by molar-refractivity contribution is 0.430. The second-order valence-corrected chi connectivity index (χ2v) is 5.15. The number of benzene rings is 2. The van der Waals surface area contributed by atoms with E-state index in [9.17, 15) is 15.3 Å². The number of aryl methyl sites for hydroxylation is 1. The normalized spacial score (nSPS) is 10.8. The number of phenols is 3. The number of aromatic hydroxyl groups is 3. The van der Waals surface area contributed by atoms with Crippen LogP contribution in [0.5, 0.6) is 17.2 Å². The van der Waals surface area contributed by atoms with Crippen molar-refractivity contribution in [2.24, 2.45) is 0 Å². The molecule has 0 aliphatic carbocycles. The van der Waals surface area contributed by atoms with Crippen molar-refractivity contribution in [3.63, 3.8) is 0 Å². The molecule has 2 aromatic rings. The van der Waals surface area contributed by atoms with Crippen LogP contribution >= 0.6 is 0 Å². The molecule has 112 valence electrons. The molecule has 21 heavy (non-hydrogen) atoms. The van der Waals surface area contributed by atoms with E-state index in [-0.39, 0.29) is 17.2 Å². The maximum absolute atomic E-state index is 10.1. The molecule has 0 amide bonds. The third-order valence-electron chi connectivity index (χ3n) is 3.97. The minimum atomic E-state index is -0.146. The molecule has 2 aromatic carbocycles. The fraction of sp³-hybridized carbons (Fsp3) is 0.333. The number of phenolic OH excluding ortho intramolecular Hbond substituents is 3. The highest BCUT2D eigenvalue weighted by molar-refractivity contribution is 5.80. The van der Waals surface area contributed by atoms with Crippen molar-refractivity contribution in [1.29, 1.82) is 0 Å². The quantitative estimate of drug-likeness (QED) is 0.791. The second-order valence-electron chi connectivity index (χ2n) is 5.15. The lowest BCUT2D eigenvalue weighted by Gasteiger charge is -2.18. The molecule has 3 heteroatoms. The Labute approximate surface area is 125 Å².